The lowest BCUT2D eigenvalue weighted by Crippen LogP contribution is -2.68. The van der Waals surface area contributed by atoms with Crippen LogP contribution >= 0.6 is 7.26 Å². The second-order valence-electron chi connectivity index (χ2n) is 9.09. The number of benzene rings is 5. The molecular formula is C33H26ClO5P. The third-order valence-corrected chi connectivity index (χ3v) is 11.3. The number of halogens is 1. The fraction of sp³-hybridized carbons (Fsp3) is 0.0303. The van der Waals surface area contributed by atoms with E-state index in [1.807, 2.05) is 6.07 Å². The summed E-state index contributed by atoms with van der Waals surface area (Å²) >= 11 is 0. The fourth-order valence-corrected chi connectivity index (χ4v) is 9.97. The molecular weight excluding hydrogens is 543 g/mol. The summed E-state index contributed by atoms with van der Waals surface area (Å²) in [6, 6.07) is 52.2. The SMILES string of the molecule is C1=C(c2ccccc2)Oc2ccccc2C1[P+](c1ccccc1)(c1ccccc1)c1ccccc1.[O-][Cl+3]([O-])([O-])[O-]. The molecule has 0 radical (unpaired) electrons. The highest BCUT2D eigenvalue weighted by atomic mass is 35.7. The van der Waals surface area contributed by atoms with Crippen LogP contribution in [-0.2, 0) is 0 Å². The van der Waals surface area contributed by atoms with Crippen LogP contribution in [0.15, 0.2) is 152 Å². The van der Waals surface area contributed by atoms with Crippen LogP contribution in [0.2, 0.25) is 0 Å². The summed E-state index contributed by atoms with van der Waals surface area (Å²) < 4.78 is 40.5. The maximum Gasteiger partial charge on any atom is 0.134 e. The monoisotopic (exact) mass is 568 g/mol. The van der Waals surface area contributed by atoms with Crippen molar-refractivity contribution in [2.45, 2.75) is 5.66 Å². The van der Waals surface area contributed by atoms with Crippen LogP contribution in [0.4, 0.5) is 0 Å². The molecule has 0 aromatic heterocycles. The molecule has 0 saturated carbocycles. The first-order chi connectivity index (χ1) is 19.4. The molecule has 0 fully saturated rings. The molecule has 6 rings (SSSR count). The summed E-state index contributed by atoms with van der Waals surface area (Å²) in [7, 11) is -7.12. The summed E-state index contributed by atoms with van der Waals surface area (Å²) in [5, 5.41) is 4.09. The fourth-order valence-electron chi connectivity index (χ4n) is 5.20. The Balaban J connectivity index is 0.000000595. The van der Waals surface area contributed by atoms with Crippen molar-refractivity contribution in [1.82, 2.24) is 0 Å². The molecule has 0 bridgehead atoms. The molecule has 1 aliphatic rings. The molecule has 1 unspecified atom stereocenters. The Kier molecular flexibility index (Phi) is 8.43. The predicted molar refractivity (Wildman–Crippen MR) is 149 cm³/mol. The van der Waals surface area contributed by atoms with Crippen molar-refractivity contribution in [2.75, 3.05) is 0 Å². The van der Waals surface area contributed by atoms with Crippen molar-refractivity contribution in [2.24, 2.45) is 0 Å². The first kappa shape index (κ1) is 27.8. The molecule has 200 valence electrons. The van der Waals surface area contributed by atoms with Gasteiger partial charge in [0.1, 0.15) is 40.3 Å². The van der Waals surface area contributed by atoms with Crippen molar-refractivity contribution in [3.05, 3.63) is 163 Å². The molecule has 0 saturated heterocycles. The number of ether oxygens (including phenoxy) is 1. The van der Waals surface area contributed by atoms with Gasteiger partial charge in [-0.2, -0.15) is 0 Å². The number of hydrogen-bond acceptors (Lipinski definition) is 5. The van der Waals surface area contributed by atoms with Crippen LogP contribution in [0.3, 0.4) is 0 Å². The van der Waals surface area contributed by atoms with E-state index in [4.69, 9.17) is 23.4 Å². The zero-order valence-electron chi connectivity index (χ0n) is 21.4. The minimum absolute atomic E-state index is 0.120. The van der Waals surface area contributed by atoms with Gasteiger partial charge >= 0.3 is 0 Å². The largest absolute Gasteiger partial charge is 0.456 e. The molecule has 5 nitrogen and oxygen atoms in total. The number of para-hydroxylation sites is 1. The van der Waals surface area contributed by atoms with E-state index in [-0.39, 0.29) is 5.66 Å². The van der Waals surface area contributed by atoms with E-state index in [2.05, 4.69) is 146 Å². The summed E-state index contributed by atoms with van der Waals surface area (Å²) in [4.78, 5) is 0. The van der Waals surface area contributed by atoms with Crippen molar-refractivity contribution in [1.29, 1.82) is 0 Å². The Hall–Kier alpha value is -3.80. The van der Waals surface area contributed by atoms with Crippen LogP contribution < -0.4 is 39.3 Å². The molecule has 0 amide bonds. The van der Waals surface area contributed by atoms with Gasteiger partial charge < -0.3 is 4.74 Å². The zero-order chi connectivity index (χ0) is 28.0. The van der Waals surface area contributed by atoms with Crippen molar-refractivity contribution in [3.8, 4) is 5.75 Å². The van der Waals surface area contributed by atoms with E-state index in [0.29, 0.717) is 0 Å². The Morgan fingerprint density at radius 3 is 1.32 bits per heavy atom. The topological polar surface area (TPSA) is 101 Å². The van der Waals surface area contributed by atoms with Crippen LogP contribution in [0.1, 0.15) is 16.8 Å². The van der Waals surface area contributed by atoms with E-state index in [0.717, 1.165) is 17.1 Å². The Bertz CT molecular complexity index is 1450. The lowest BCUT2D eigenvalue weighted by Gasteiger charge is -2.36. The number of fused-ring (bicyclic) bond motifs is 1. The van der Waals surface area contributed by atoms with Crippen LogP contribution in [-0.4, -0.2) is 0 Å². The normalized spacial score (nSPS) is 14.6. The van der Waals surface area contributed by atoms with Crippen LogP contribution in [0.5, 0.6) is 5.75 Å². The minimum Gasteiger partial charge on any atom is -0.456 e. The molecule has 7 heteroatoms. The lowest BCUT2D eigenvalue weighted by molar-refractivity contribution is -2.00. The van der Waals surface area contributed by atoms with Gasteiger partial charge in [0.2, 0.25) is 0 Å². The highest BCUT2D eigenvalue weighted by Gasteiger charge is 2.54. The maximum atomic E-state index is 8.49. The summed E-state index contributed by atoms with van der Waals surface area (Å²) in [6.07, 6.45) is 2.37. The average molecular weight is 569 g/mol. The average Bonchev–Trinajstić information content (AvgIpc) is 2.99. The molecule has 1 aliphatic heterocycles. The molecule has 40 heavy (non-hydrogen) atoms. The number of hydrogen-bond donors (Lipinski definition) is 0. The van der Waals surface area contributed by atoms with Gasteiger partial charge in [0.15, 0.2) is 0 Å². The minimum atomic E-state index is -4.94. The lowest BCUT2D eigenvalue weighted by atomic mass is 10.0. The van der Waals surface area contributed by atoms with Gasteiger partial charge in [0, 0.05) is 17.2 Å². The van der Waals surface area contributed by atoms with Gasteiger partial charge in [-0.3, -0.25) is 0 Å². The van der Waals surface area contributed by atoms with Gasteiger partial charge in [-0.1, -0.05) is 103 Å². The Morgan fingerprint density at radius 1 is 0.500 bits per heavy atom. The van der Waals surface area contributed by atoms with Crippen molar-refractivity contribution in [3.63, 3.8) is 0 Å². The van der Waals surface area contributed by atoms with E-state index in [9.17, 15) is 0 Å². The Labute approximate surface area is 236 Å². The maximum absolute atomic E-state index is 8.49. The number of allylic oxidation sites excluding steroid dienone is 1. The summed E-state index contributed by atoms with van der Waals surface area (Å²) in [5.74, 6) is 1.85. The van der Waals surface area contributed by atoms with E-state index in [1.165, 1.54) is 21.5 Å². The summed E-state index contributed by atoms with van der Waals surface area (Å²) in [6.45, 7) is 0. The number of rotatable bonds is 5. The standard InChI is InChI=1S/C33H26OP.ClHO4/c1-5-15-26(16-6-1)32-25-33(30-23-13-14-24-31(30)34-32)35(27-17-7-2-8-18-27,28-19-9-3-10-20-28)29-21-11-4-12-22-29;2-1(3,4)5/h1-25,33H;(H,2,3,4,5)/q+1;/p-1. The second-order valence-corrected chi connectivity index (χ2v) is 13.4. The molecule has 0 aliphatic carbocycles. The molecule has 1 atom stereocenters. The Morgan fingerprint density at radius 2 is 0.875 bits per heavy atom. The zero-order valence-corrected chi connectivity index (χ0v) is 23.0. The van der Waals surface area contributed by atoms with E-state index < -0.39 is 17.5 Å². The highest BCUT2D eigenvalue weighted by molar-refractivity contribution is 7.96. The van der Waals surface area contributed by atoms with E-state index >= 15 is 0 Å². The first-order valence-corrected chi connectivity index (χ1v) is 15.7. The molecule has 0 spiro atoms. The molecule has 5 aromatic carbocycles. The van der Waals surface area contributed by atoms with E-state index in [1.54, 1.807) is 0 Å². The first-order valence-electron chi connectivity index (χ1n) is 12.6. The molecule has 0 N–H and O–H groups in total. The second kappa shape index (κ2) is 12.2. The third kappa shape index (κ3) is 6.01. The van der Waals surface area contributed by atoms with Gasteiger partial charge in [0.05, 0.1) is 0 Å². The van der Waals surface area contributed by atoms with Gasteiger partial charge in [0.25, 0.3) is 0 Å². The predicted octanol–water partition coefficient (Wildman–Crippen LogP) is 2.40. The highest BCUT2D eigenvalue weighted by Crippen LogP contribution is 2.69. The third-order valence-electron chi connectivity index (χ3n) is 6.73. The van der Waals surface area contributed by atoms with Gasteiger partial charge in [-0.05, 0) is 42.5 Å². The summed E-state index contributed by atoms with van der Waals surface area (Å²) in [5.41, 5.74) is 2.45. The van der Waals surface area contributed by atoms with Crippen molar-refractivity contribution >= 4 is 28.9 Å². The molecule has 1 heterocycles. The van der Waals surface area contributed by atoms with Crippen LogP contribution in [0.25, 0.3) is 5.76 Å². The smallest absolute Gasteiger partial charge is 0.134 e. The van der Waals surface area contributed by atoms with Gasteiger partial charge in [-0.15, -0.1) is 10.2 Å². The quantitative estimate of drug-likeness (QED) is 0.303. The van der Waals surface area contributed by atoms with Gasteiger partial charge in [-0.25, -0.2) is 18.6 Å². The van der Waals surface area contributed by atoms with Crippen molar-refractivity contribution < 1.29 is 33.6 Å². The van der Waals surface area contributed by atoms with Crippen LogP contribution in [0, 0.1) is 10.2 Å². The molecule has 5 aromatic rings.